The molecule has 0 radical (unpaired) electrons. The van der Waals surface area contributed by atoms with Crippen LogP contribution < -0.4 is 10.6 Å². The molecule has 6 heteroatoms. The Kier molecular flexibility index (Phi) is 5.21. The molecule has 1 heterocycles. The van der Waals surface area contributed by atoms with E-state index in [-0.39, 0.29) is 11.9 Å². The van der Waals surface area contributed by atoms with Crippen LogP contribution in [0.15, 0.2) is 42.5 Å². The van der Waals surface area contributed by atoms with Gasteiger partial charge in [0, 0.05) is 18.8 Å². The second-order valence-corrected chi connectivity index (χ2v) is 6.33. The molecule has 0 spiro atoms. The topological polar surface area (TPSA) is 61.4 Å². The minimum atomic E-state index is -0.853. The van der Waals surface area contributed by atoms with E-state index in [1.54, 1.807) is 12.1 Å². The van der Waals surface area contributed by atoms with Gasteiger partial charge in [-0.1, -0.05) is 37.3 Å². The van der Waals surface area contributed by atoms with Crippen molar-refractivity contribution in [1.82, 2.24) is 10.2 Å². The standard InChI is InChI=1S/C20H22FN3O2/c1-3-14-7-4-6-13(2)17(14)23-20(26)24-11-10-22-19(25)18(24)15-8-5-9-16(21)12-15/h4-9,12,18H,3,10-11H2,1-2H3,(H,22,25)(H,23,26). The van der Waals surface area contributed by atoms with Crippen LogP contribution in [0.3, 0.4) is 0 Å². The first-order valence-corrected chi connectivity index (χ1v) is 8.70. The molecule has 2 aromatic rings. The summed E-state index contributed by atoms with van der Waals surface area (Å²) in [6, 6.07) is 10.4. The Morgan fingerprint density at radius 1 is 1.31 bits per heavy atom. The Morgan fingerprint density at radius 2 is 2.08 bits per heavy atom. The van der Waals surface area contributed by atoms with Gasteiger partial charge in [-0.15, -0.1) is 0 Å². The lowest BCUT2D eigenvalue weighted by Gasteiger charge is -2.35. The van der Waals surface area contributed by atoms with Crippen LogP contribution in [0.25, 0.3) is 0 Å². The van der Waals surface area contributed by atoms with Crippen molar-refractivity contribution in [3.63, 3.8) is 0 Å². The zero-order valence-corrected chi connectivity index (χ0v) is 14.9. The molecule has 1 fully saturated rings. The summed E-state index contributed by atoms with van der Waals surface area (Å²) in [6.45, 7) is 4.68. The van der Waals surface area contributed by atoms with Gasteiger partial charge in [0.25, 0.3) is 0 Å². The van der Waals surface area contributed by atoms with Gasteiger partial charge in [0.1, 0.15) is 11.9 Å². The Bertz CT molecular complexity index is 838. The van der Waals surface area contributed by atoms with Crippen LogP contribution in [0.1, 0.15) is 29.7 Å². The highest BCUT2D eigenvalue weighted by Gasteiger charge is 2.34. The molecule has 26 heavy (non-hydrogen) atoms. The minimum absolute atomic E-state index is 0.308. The third-order valence-electron chi connectivity index (χ3n) is 4.61. The monoisotopic (exact) mass is 355 g/mol. The van der Waals surface area contributed by atoms with E-state index in [4.69, 9.17) is 0 Å². The largest absolute Gasteiger partial charge is 0.352 e. The number of piperazine rings is 1. The van der Waals surface area contributed by atoms with Crippen molar-refractivity contribution in [2.75, 3.05) is 18.4 Å². The number of nitrogens with one attached hydrogen (secondary N) is 2. The first kappa shape index (κ1) is 17.9. The molecule has 2 aromatic carbocycles. The number of para-hydroxylation sites is 1. The fourth-order valence-corrected chi connectivity index (χ4v) is 3.27. The van der Waals surface area contributed by atoms with Crippen LogP contribution >= 0.6 is 0 Å². The van der Waals surface area contributed by atoms with Crippen LogP contribution in [0, 0.1) is 12.7 Å². The van der Waals surface area contributed by atoms with Gasteiger partial charge in [-0.25, -0.2) is 9.18 Å². The summed E-state index contributed by atoms with van der Waals surface area (Å²) in [7, 11) is 0. The van der Waals surface area contributed by atoms with E-state index in [1.165, 1.54) is 17.0 Å². The van der Waals surface area contributed by atoms with Gasteiger partial charge in [-0.3, -0.25) is 4.79 Å². The normalized spacial score (nSPS) is 17.0. The van der Waals surface area contributed by atoms with Crippen LogP contribution in [0.4, 0.5) is 14.9 Å². The molecular formula is C20H22FN3O2. The van der Waals surface area contributed by atoms with Crippen LogP contribution in [0.5, 0.6) is 0 Å². The molecular weight excluding hydrogens is 333 g/mol. The minimum Gasteiger partial charge on any atom is -0.352 e. The predicted molar refractivity (Wildman–Crippen MR) is 98.4 cm³/mol. The highest BCUT2D eigenvalue weighted by Crippen LogP contribution is 2.27. The fraction of sp³-hybridized carbons (Fsp3) is 0.300. The number of carbonyl (C=O) groups is 2. The van der Waals surface area contributed by atoms with Gasteiger partial charge in [0.2, 0.25) is 5.91 Å². The van der Waals surface area contributed by atoms with E-state index < -0.39 is 11.9 Å². The smallest absolute Gasteiger partial charge is 0.322 e. The van der Waals surface area contributed by atoms with Crippen LogP contribution in [0.2, 0.25) is 0 Å². The second-order valence-electron chi connectivity index (χ2n) is 6.33. The highest BCUT2D eigenvalue weighted by atomic mass is 19.1. The van der Waals surface area contributed by atoms with Crippen molar-refractivity contribution in [2.24, 2.45) is 0 Å². The molecule has 5 nitrogen and oxygen atoms in total. The summed E-state index contributed by atoms with van der Waals surface area (Å²) in [5.74, 6) is -0.745. The highest BCUT2D eigenvalue weighted by molar-refractivity contribution is 5.96. The van der Waals surface area contributed by atoms with Crippen molar-refractivity contribution in [3.8, 4) is 0 Å². The molecule has 3 rings (SSSR count). The summed E-state index contributed by atoms with van der Waals surface area (Å²) >= 11 is 0. The van der Waals surface area contributed by atoms with Crippen molar-refractivity contribution < 1.29 is 14.0 Å². The Hall–Kier alpha value is -2.89. The maximum absolute atomic E-state index is 13.6. The summed E-state index contributed by atoms with van der Waals surface area (Å²) < 4.78 is 13.6. The molecule has 0 aromatic heterocycles. The molecule has 0 saturated carbocycles. The van der Waals surface area contributed by atoms with Gasteiger partial charge in [-0.05, 0) is 42.2 Å². The number of benzene rings is 2. The molecule has 1 aliphatic heterocycles. The quantitative estimate of drug-likeness (QED) is 0.886. The number of hydrogen-bond acceptors (Lipinski definition) is 2. The van der Waals surface area contributed by atoms with E-state index in [0.717, 1.165) is 23.2 Å². The van der Waals surface area contributed by atoms with Crippen molar-refractivity contribution >= 4 is 17.6 Å². The zero-order chi connectivity index (χ0) is 18.7. The summed E-state index contributed by atoms with van der Waals surface area (Å²) in [5, 5.41) is 5.70. The number of amides is 3. The maximum Gasteiger partial charge on any atom is 0.322 e. The van der Waals surface area contributed by atoms with Crippen molar-refractivity contribution in [3.05, 3.63) is 65.0 Å². The van der Waals surface area contributed by atoms with E-state index >= 15 is 0 Å². The number of rotatable bonds is 3. The lowest BCUT2D eigenvalue weighted by atomic mass is 10.0. The predicted octanol–water partition coefficient (Wildman–Crippen LogP) is 3.40. The van der Waals surface area contributed by atoms with E-state index in [9.17, 15) is 14.0 Å². The van der Waals surface area contributed by atoms with Gasteiger partial charge < -0.3 is 15.5 Å². The van der Waals surface area contributed by atoms with Crippen molar-refractivity contribution in [2.45, 2.75) is 26.3 Å². The van der Waals surface area contributed by atoms with Gasteiger partial charge in [-0.2, -0.15) is 0 Å². The average Bonchev–Trinajstić information content (AvgIpc) is 2.63. The molecule has 1 unspecified atom stereocenters. The number of hydrogen-bond donors (Lipinski definition) is 2. The zero-order valence-electron chi connectivity index (χ0n) is 14.9. The third-order valence-corrected chi connectivity index (χ3v) is 4.61. The molecule has 136 valence electrons. The first-order valence-electron chi connectivity index (χ1n) is 8.70. The lowest BCUT2D eigenvalue weighted by molar-refractivity contribution is -0.127. The van der Waals surface area contributed by atoms with Gasteiger partial charge >= 0.3 is 6.03 Å². The number of urea groups is 1. The summed E-state index contributed by atoms with van der Waals surface area (Å²) in [4.78, 5) is 26.8. The fourth-order valence-electron chi connectivity index (χ4n) is 3.27. The number of carbonyl (C=O) groups excluding carboxylic acids is 2. The number of nitrogens with zero attached hydrogens (tertiary/aromatic N) is 1. The van der Waals surface area contributed by atoms with E-state index in [1.807, 2.05) is 32.0 Å². The van der Waals surface area contributed by atoms with Gasteiger partial charge in [0.15, 0.2) is 0 Å². The number of halogens is 1. The lowest BCUT2D eigenvalue weighted by Crippen LogP contribution is -2.53. The third kappa shape index (κ3) is 3.54. The molecule has 1 aliphatic rings. The molecule has 0 bridgehead atoms. The molecule has 2 N–H and O–H groups in total. The molecule has 0 aliphatic carbocycles. The number of anilines is 1. The summed E-state index contributed by atoms with van der Waals surface area (Å²) in [5.41, 5.74) is 3.21. The number of aryl methyl sites for hydroxylation is 2. The Labute approximate surface area is 152 Å². The van der Waals surface area contributed by atoms with E-state index in [0.29, 0.717) is 18.7 Å². The Balaban J connectivity index is 1.90. The van der Waals surface area contributed by atoms with Crippen molar-refractivity contribution in [1.29, 1.82) is 0 Å². The Morgan fingerprint density at radius 3 is 2.81 bits per heavy atom. The first-order chi connectivity index (χ1) is 12.5. The SMILES string of the molecule is CCc1cccc(C)c1NC(=O)N1CCNC(=O)C1c1cccc(F)c1. The second kappa shape index (κ2) is 7.56. The van der Waals surface area contributed by atoms with Crippen LogP contribution in [-0.2, 0) is 11.2 Å². The summed E-state index contributed by atoms with van der Waals surface area (Å²) in [6.07, 6.45) is 0.783. The van der Waals surface area contributed by atoms with Crippen LogP contribution in [-0.4, -0.2) is 29.9 Å². The average molecular weight is 355 g/mol. The maximum atomic E-state index is 13.6. The molecule has 3 amide bonds. The van der Waals surface area contributed by atoms with E-state index in [2.05, 4.69) is 10.6 Å². The van der Waals surface area contributed by atoms with Gasteiger partial charge in [0.05, 0.1) is 0 Å². The molecule has 1 saturated heterocycles. The molecule has 1 atom stereocenters.